The number of hydrogen-bond acceptors (Lipinski definition) is 6. The lowest BCUT2D eigenvalue weighted by Crippen LogP contribution is -2.36. The molecule has 1 atom stereocenters. The first kappa shape index (κ1) is 20.4. The summed E-state index contributed by atoms with van der Waals surface area (Å²) in [5.41, 5.74) is -1.48. The first-order valence-electron chi connectivity index (χ1n) is 8.18. The monoisotopic (exact) mass is 425 g/mol. The van der Waals surface area contributed by atoms with E-state index in [0.717, 1.165) is 0 Å². The Labute approximate surface area is 170 Å². The number of rotatable bonds is 6. The highest BCUT2D eigenvalue weighted by atomic mass is 35.5. The van der Waals surface area contributed by atoms with Gasteiger partial charge < -0.3 is 25.0 Å². The van der Waals surface area contributed by atoms with Gasteiger partial charge in [0, 0.05) is 21.7 Å². The molecule has 0 saturated carbocycles. The van der Waals surface area contributed by atoms with E-state index in [1.165, 1.54) is 38.5 Å². The first-order chi connectivity index (χ1) is 13.3. The summed E-state index contributed by atoms with van der Waals surface area (Å²) in [5, 5.41) is 23.4. The Kier molecular flexibility index (Phi) is 5.54. The summed E-state index contributed by atoms with van der Waals surface area (Å²) in [5.74, 6) is -0.827. The van der Waals surface area contributed by atoms with Crippen LogP contribution >= 0.6 is 23.2 Å². The van der Waals surface area contributed by atoms with E-state index in [-0.39, 0.29) is 32.6 Å². The number of fused-ring (bicyclic) bond motifs is 1. The molecule has 0 radical (unpaired) electrons. The third-order valence-corrected chi connectivity index (χ3v) is 5.23. The minimum atomic E-state index is -2.18. The van der Waals surface area contributed by atoms with E-state index in [4.69, 9.17) is 32.7 Å². The maximum Gasteiger partial charge on any atom is 0.261 e. The number of benzene rings is 2. The molecule has 2 aromatic rings. The van der Waals surface area contributed by atoms with E-state index in [1.54, 1.807) is 0 Å². The summed E-state index contributed by atoms with van der Waals surface area (Å²) in [4.78, 5) is 25.4. The molecule has 1 aliphatic rings. The molecule has 1 unspecified atom stereocenters. The van der Waals surface area contributed by atoms with E-state index in [0.29, 0.717) is 11.3 Å². The Morgan fingerprint density at radius 3 is 2.46 bits per heavy atom. The van der Waals surface area contributed by atoms with Crippen molar-refractivity contribution in [2.24, 2.45) is 0 Å². The van der Waals surface area contributed by atoms with Crippen LogP contribution in [0.15, 0.2) is 24.3 Å². The molecule has 2 aromatic carbocycles. The minimum Gasteiger partial charge on any atom is -0.493 e. The van der Waals surface area contributed by atoms with Gasteiger partial charge in [-0.15, -0.1) is 0 Å². The van der Waals surface area contributed by atoms with Crippen LogP contribution in [0.5, 0.6) is 11.5 Å². The molecular formula is C19H17Cl2NO6. The second kappa shape index (κ2) is 7.60. The zero-order valence-electron chi connectivity index (χ0n) is 15.0. The Hall–Kier alpha value is -2.32. The van der Waals surface area contributed by atoms with Crippen LogP contribution in [-0.4, -0.2) is 36.1 Å². The normalized spacial score (nSPS) is 17.9. The van der Waals surface area contributed by atoms with Crippen LogP contribution in [0.1, 0.15) is 27.9 Å². The van der Waals surface area contributed by atoms with Crippen molar-refractivity contribution in [2.45, 2.75) is 18.6 Å². The molecule has 1 heterocycles. The van der Waals surface area contributed by atoms with Crippen LogP contribution in [0.2, 0.25) is 10.0 Å². The van der Waals surface area contributed by atoms with Gasteiger partial charge in [-0.1, -0.05) is 23.2 Å². The zero-order chi connectivity index (χ0) is 20.6. The largest absolute Gasteiger partial charge is 0.493 e. The van der Waals surface area contributed by atoms with Crippen molar-refractivity contribution in [1.82, 2.24) is 0 Å². The molecule has 1 amide bonds. The number of hydrogen-bond donors (Lipinski definition) is 3. The van der Waals surface area contributed by atoms with Gasteiger partial charge in [0.15, 0.2) is 22.9 Å². The second-order valence-electron chi connectivity index (χ2n) is 6.22. The molecule has 3 N–H and O–H groups in total. The SMILES string of the molecule is COc1cc(C(=O)CC2(O)C(=O)Nc3c(Cl)ccc(Cl)c32)cc(CO)c1OC. The number of aliphatic hydroxyl groups is 2. The Morgan fingerprint density at radius 1 is 1.18 bits per heavy atom. The van der Waals surface area contributed by atoms with Gasteiger partial charge in [0.2, 0.25) is 0 Å². The minimum absolute atomic E-state index is 0.0582. The van der Waals surface area contributed by atoms with Gasteiger partial charge in [-0.3, -0.25) is 9.59 Å². The molecule has 148 valence electrons. The first-order valence-corrected chi connectivity index (χ1v) is 8.93. The van der Waals surface area contributed by atoms with Crippen molar-refractivity contribution in [2.75, 3.05) is 19.5 Å². The summed E-state index contributed by atoms with van der Waals surface area (Å²) >= 11 is 12.2. The summed E-state index contributed by atoms with van der Waals surface area (Å²) in [6, 6.07) is 5.76. The predicted molar refractivity (Wildman–Crippen MR) is 103 cm³/mol. The van der Waals surface area contributed by atoms with E-state index >= 15 is 0 Å². The third-order valence-electron chi connectivity index (χ3n) is 4.60. The maximum absolute atomic E-state index is 12.9. The molecule has 0 bridgehead atoms. The Morgan fingerprint density at radius 2 is 1.86 bits per heavy atom. The molecule has 28 heavy (non-hydrogen) atoms. The zero-order valence-corrected chi connectivity index (χ0v) is 16.5. The van der Waals surface area contributed by atoms with Gasteiger partial charge in [-0.25, -0.2) is 0 Å². The average Bonchev–Trinajstić information content (AvgIpc) is 2.95. The Balaban J connectivity index is 2.03. The van der Waals surface area contributed by atoms with Crippen molar-refractivity contribution in [3.63, 3.8) is 0 Å². The lowest BCUT2D eigenvalue weighted by atomic mass is 9.87. The molecule has 0 aliphatic carbocycles. The highest BCUT2D eigenvalue weighted by Gasteiger charge is 2.49. The lowest BCUT2D eigenvalue weighted by Gasteiger charge is -2.21. The second-order valence-corrected chi connectivity index (χ2v) is 7.04. The number of nitrogens with one attached hydrogen (secondary N) is 1. The molecule has 9 heteroatoms. The van der Waals surface area contributed by atoms with Crippen LogP contribution in [0.25, 0.3) is 0 Å². The van der Waals surface area contributed by atoms with Crippen molar-refractivity contribution in [3.8, 4) is 11.5 Å². The van der Waals surface area contributed by atoms with Gasteiger partial charge in [0.25, 0.3) is 5.91 Å². The van der Waals surface area contributed by atoms with Crippen LogP contribution in [0.3, 0.4) is 0 Å². The predicted octanol–water partition coefficient (Wildman–Crippen LogP) is 2.92. The summed E-state index contributed by atoms with van der Waals surface area (Å²) in [7, 11) is 2.80. The lowest BCUT2D eigenvalue weighted by molar-refractivity contribution is -0.133. The number of ether oxygens (including phenoxy) is 2. The van der Waals surface area contributed by atoms with E-state index in [1.807, 2.05) is 0 Å². The van der Waals surface area contributed by atoms with Crippen molar-refractivity contribution in [1.29, 1.82) is 0 Å². The van der Waals surface area contributed by atoms with E-state index < -0.39 is 30.3 Å². The van der Waals surface area contributed by atoms with E-state index in [9.17, 15) is 19.8 Å². The summed E-state index contributed by atoms with van der Waals surface area (Å²) in [6.45, 7) is -0.393. The van der Waals surface area contributed by atoms with Gasteiger partial charge in [0.05, 0.1) is 38.0 Å². The van der Waals surface area contributed by atoms with Crippen molar-refractivity contribution < 1.29 is 29.3 Å². The van der Waals surface area contributed by atoms with Gasteiger partial charge in [-0.05, 0) is 24.3 Å². The van der Waals surface area contributed by atoms with E-state index in [2.05, 4.69) is 5.32 Å². The molecule has 0 aromatic heterocycles. The van der Waals surface area contributed by atoms with Crippen LogP contribution in [0, 0.1) is 0 Å². The fourth-order valence-electron chi connectivity index (χ4n) is 3.23. The number of Topliss-reactive ketones (excluding diaryl/α,β-unsaturated/α-hetero) is 1. The fourth-order valence-corrected chi connectivity index (χ4v) is 3.75. The number of halogens is 2. The molecule has 0 saturated heterocycles. The smallest absolute Gasteiger partial charge is 0.261 e. The molecule has 3 rings (SSSR count). The number of anilines is 1. The number of amides is 1. The molecule has 1 aliphatic heterocycles. The highest BCUT2D eigenvalue weighted by molar-refractivity contribution is 6.38. The molecule has 7 nitrogen and oxygen atoms in total. The summed E-state index contributed by atoms with van der Waals surface area (Å²) in [6.07, 6.45) is -0.577. The molecular weight excluding hydrogens is 409 g/mol. The topological polar surface area (TPSA) is 105 Å². The number of methoxy groups -OCH3 is 2. The van der Waals surface area contributed by atoms with Crippen molar-refractivity contribution >= 4 is 40.6 Å². The van der Waals surface area contributed by atoms with Crippen molar-refractivity contribution in [3.05, 3.63) is 51.0 Å². The number of ketones is 1. The number of carbonyl (C=O) groups is 2. The maximum atomic E-state index is 12.9. The van der Waals surface area contributed by atoms with Gasteiger partial charge in [0.1, 0.15) is 0 Å². The molecule has 0 spiro atoms. The Bertz CT molecular complexity index is 952. The van der Waals surface area contributed by atoms with Crippen LogP contribution < -0.4 is 14.8 Å². The molecule has 0 fully saturated rings. The van der Waals surface area contributed by atoms with Gasteiger partial charge in [-0.2, -0.15) is 0 Å². The highest BCUT2D eigenvalue weighted by Crippen LogP contribution is 2.46. The third kappa shape index (κ3) is 3.20. The fraction of sp³-hybridized carbons (Fsp3) is 0.263. The van der Waals surface area contributed by atoms with Crippen LogP contribution in [-0.2, 0) is 17.0 Å². The average molecular weight is 426 g/mol. The number of carbonyl (C=O) groups excluding carboxylic acids is 2. The number of aliphatic hydroxyl groups excluding tert-OH is 1. The quantitative estimate of drug-likeness (QED) is 0.614. The van der Waals surface area contributed by atoms with Gasteiger partial charge >= 0.3 is 0 Å². The summed E-state index contributed by atoms with van der Waals surface area (Å²) < 4.78 is 10.4. The van der Waals surface area contributed by atoms with Crippen LogP contribution in [0.4, 0.5) is 5.69 Å². The standard InChI is InChI=1S/C19H17Cl2NO6/c1-27-14-6-9(5-10(8-23)17(14)28-2)13(24)7-19(26)15-11(20)3-4-12(21)16(15)22-18(19)25/h3-6,23,26H,7-8H2,1-2H3,(H,22,25).